The van der Waals surface area contributed by atoms with Gasteiger partial charge in [-0.1, -0.05) is 18.2 Å². The zero-order valence-electron chi connectivity index (χ0n) is 9.82. The lowest BCUT2D eigenvalue weighted by Gasteiger charge is -2.30. The van der Waals surface area contributed by atoms with E-state index in [1.54, 1.807) is 7.11 Å². The van der Waals surface area contributed by atoms with Crippen LogP contribution < -0.4 is 4.90 Å². The average Bonchev–Trinajstić information content (AvgIpc) is 2.29. The SMILES string of the molecule is COCC(=O)N1CCCc2cccc(C)c21. The third-order valence-electron chi connectivity index (χ3n) is 2.99. The van der Waals surface area contributed by atoms with Gasteiger partial charge in [-0.05, 0) is 30.9 Å². The highest BCUT2D eigenvalue weighted by molar-refractivity contribution is 5.96. The summed E-state index contributed by atoms with van der Waals surface area (Å²) in [5.74, 6) is 0.0535. The number of rotatable bonds is 2. The van der Waals surface area contributed by atoms with Gasteiger partial charge in [-0.3, -0.25) is 4.79 Å². The minimum Gasteiger partial charge on any atom is -0.375 e. The van der Waals surface area contributed by atoms with Crippen molar-refractivity contribution in [2.75, 3.05) is 25.2 Å². The molecule has 0 bridgehead atoms. The van der Waals surface area contributed by atoms with Crippen LogP contribution in [-0.2, 0) is 16.0 Å². The van der Waals surface area contributed by atoms with Crippen molar-refractivity contribution >= 4 is 11.6 Å². The molecular formula is C13H17NO2. The van der Waals surface area contributed by atoms with E-state index in [2.05, 4.69) is 25.1 Å². The Morgan fingerprint density at radius 3 is 3.06 bits per heavy atom. The van der Waals surface area contributed by atoms with Gasteiger partial charge in [-0.15, -0.1) is 0 Å². The predicted molar refractivity (Wildman–Crippen MR) is 63.7 cm³/mol. The Hall–Kier alpha value is -1.35. The van der Waals surface area contributed by atoms with Crippen LogP contribution in [0.25, 0.3) is 0 Å². The highest BCUT2D eigenvalue weighted by atomic mass is 16.5. The van der Waals surface area contributed by atoms with E-state index in [1.165, 1.54) is 11.1 Å². The largest absolute Gasteiger partial charge is 0.375 e. The summed E-state index contributed by atoms with van der Waals surface area (Å²) in [5.41, 5.74) is 3.54. The van der Waals surface area contributed by atoms with Crippen LogP contribution in [0, 0.1) is 6.92 Å². The highest BCUT2D eigenvalue weighted by Crippen LogP contribution is 2.30. The Labute approximate surface area is 96.0 Å². The van der Waals surface area contributed by atoms with Gasteiger partial charge < -0.3 is 9.64 Å². The molecule has 0 spiro atoms. The molecule has 0 radical (unpaired) electrons. The average molecular weight is 219 g/mol. The summed E-state index contributed by atoms with van der Waals surface area (Å²) in [6.45, 7) is 3.02. The first-order chi connectivity index (χ1) is 7.74. The molecule has 0 aromatic heterocycles. The van der Waals surface area contributed by atoms with E-state index in [0.29, 0.717) is 0 Å². The Bertz CT molecular complexity index is 401. The lowest BCUT2D eigenvalue weighted by molar-refractivity contribution is -0.122. The van der Waals surface area contributed by atoms with Gasteiger partial charge in [-0.2, -0.15) is 0 Å². The highest BCUT2D eigenvalue weighted by Gasteiger charge is 2.23. The summed E-state index contributed by atoms with van der Waals surface area (Å²) in [6.07, 6.45) is 2.10. The van der Waals surface area contributed by atoms with E-state index in [9.17, 15) is 4.79 Å². The van der Waals surface area contributed by atoms with Crippen molar-refractivity contribution in [1.82, 2.24) is 0 Å². The van der Waals surface area contributed by atoms with Crippen LogP contribution >= 0.6 is 0 Å². The van der Waals surface area contributed by atoms with Gasteiger partial charge in [0.25, 0.3) is 5.91 Å². The third kappa shape index (κ3) is 1.95. The van der Waals surface area contributed by atoms with Crippen molar-refractivity contribution in [1.29, 1.82) is 0 Å². The molecule has 86 valence electrons. The normalized spacial score (nSPS) is 14.8. The van der Waals surface area contributed by atoms with Crippen LogP contribution in [0.3, 0.4) is 0 Å². The number of amides is 1. The van der Waals surface area contributed by atoms with Crippen molar-refractivity contribution in [2.24, 2.45) is 0 Å². The smallest absolute Gasteiger partial charge is 0.252 e. The first-order valence-electron chi connectivity index (χ1n) is 5.62. The van der Waals surface area contributed by atoms with E-state index in [0.717, 1.165) is 25.1 Å². The first-order valence-corrected chi connectivity index (χ1v) is 5.62. The molecule has 1 aromatic rings. The molecule has 16 heavy (non-hydrogen) atoms. The Kier molecular flexibility index (Phi) is 3.25. The fraction of sp³-hybridized carbons (Fsp3) is 0.462. The van der Waals surface area contributed by atoms with Crippen LogP contribution in [0.15, 0.2) is 18.2 Å². The Balaban J connectivity index is 2.35. The third-order valence-corrected chi connectivity index (χ3v) is 2.99. The summed E-state index contributed by atoms with van der Waals surface area (Å²) in [6, 6.07) is 6.21. The number of methoxy groups -OCH3 is 1. The number of fused-ring (bicyclic) bond motifs is 1. The van der Waals surface area contributed by atoms with E-state index in [1.807, 2.05) is 4.90 Å². The molecule has 0 fully saturated rings. The van der Waals surface area contributed by atoms with Crippen LogP contribution in [0.4, 0.5) is 5.69 Å². The molecule has 0 saturated heterocycles. The van der Waals surface area contributed by atoms with E-state index in [-0.39, 0.29) is 12.5 Å². The summed E-state index contributed by atoms with van der Waals surface area (Å²) in [5, 5.41) is 0. The molecule has 0 unspecified atom stereocenters. The van der Waals surface area contributed by atoms with Crippen molar-refractivity contribution < 1.29 is 9.53 Å². The van der Waals surface area contributed by atoms with Gasteiger partial charge in [0.2, 0.25) is 0 Å². The molecule has 1 amide bonds. The van der Waals surface area contributed by atoms with Gasteiger partial charge in [0.15, 0.2) is 0 Å². The van der Waals surface area contributed by atoms with Gasteiger partial charge in [-0.25, -0.2) is 0 Å². The molecule has 2 rings (SSSR count). The van der Waals surface area contributed by atoms with Crippen molar-refractivity contribution in [3.8, 4) is 0 Å². The van der Waals surface area contributed by atoms with E-state index >= 15 is 0 Å². The maximum Gasteiger partial charge on any atom is 0.252 e. The van der Waals surface area contributed by atoms with Crippen LogP contribution in [0.5, 0.6) is 0 Å². The van der Waals surface area contributed by atoms with Crippen LogP contribution in [0.2, 0.25) is 0 Å². The number of anilines is 1. The van der Waals surface area contributed by atoms with Gasteiger partial charge >= 0.3 is 0 Å². The Morgan fingerprint density at radius 1 is 1.50 bits per heavy atom. The maximum atomic E-state index is 11.9. The van der Waals surface area contributed by atoms with Crippen molar-refractivity contribution in [3.63, 3.8) is 0 Å². The molecular weight excluding hydrogens is 202 g/mol. The number of carbonyl (C=O) groups is 1. The second-order valence-electron chi connectivity index (χ2n) is 4.16. The number of carbonyl (C=O) groups excluding carboxylic acids is 1. The molecule has 0 atom stereocenters. The van der Waals surface area contributed by atoms with Gasteiger partial charge in [0.05, 0.1) is 0 Å². The Morgan fingerprint density at radius 2 is 2.31 bits per heavy atom. The number of hydrogen-bond donors (Lipinski definition) is 0. The topological polar surface area (TPSA) is 29.5 Å². The predicted octanol–water partition coefficient (Wildman–Crippen LogP) is 1.92. The lowest BCUT2D eigenvalue weighted by Crippen LogP contribution is -2.38. The summed E-state index contributed by atoms with van der Waals surface area (Å²) in [4.78, 5) is 13.8. The molecule has 1 aliphatic rings. The van der Waals surface area contributed by atoms with Gasteiger partial charge in [0.1, 0.15) is 6.61 Å². The summed E-state index contributed by atoms with van der Waals surface area (Å²) in [7, 11) is 1.56. The summed E-state index contributed by atoms with van der Waals surface area (Å²) < 4.78 is 4.92. The number of aryl methyl sites for hydroxylation is 2. The molecule has 1 heterocycles. The number of ether oxygens (including phenoxy) is 1. The fourth-order valence-corrected chi connectivity index (χ4v) is 2.30. The van der Waals surface area contributed by atoms with Crippen molar-refractivity contribution in [3.05, 3.63) is 29.3 Å². The monoisotopic (exact) mass is 219 g/mol. The minimum absolute atomic E-state index is 0.0535. The second kappa shape index (κ2) is 4.66. The molecule has 0 N–H and O–H groups in total. The maximum absolute atomic E-state index is 11.9. The molecule has 0 aliphatic carbocycles. The van der Waals surface area contributed by atoms with Crippen molar-refractivity contribution in [2.45, 2.75) is 19.8 Å². The van der Waals surface area contributed by atoms with Crippen LogP contribution in [0.1, 0.15) is 17.5 Å². The number of nitrogens with zero attached hydrogens (tertiary/aromatic N) is 1. The van der Waals surface area contributed by atoms with Crippen LogP contribution in [-0.4, -0.2) is 26.2 Å². The fourth-order valence-electron chi connectivity index (χ4n) is 2.30. The molecule has 0 saturated carbocycles. The van der Waals surface area contributed by atoms with E-state index < -0.39 is 0 Å². The minimum atomic E-state index is 0.0535. The zero-order chi connectivity index (χ0) is 11.5. The number of para-hydroxylation sites is 1. The number of benzene rings is 1. The molecule has 3 nitrogen and oxygen atoms in total. The summed E-state index contributed by atoms with van der Waals surface area (Å²) >= 11 is 0. The van der Waals surface area contributed by atoms with E-state index in [4.69, 9.17) is 4.74 Å². The molecule has 3 heteroatoms. The molecule has 1 aliphatic heterocycles. The van der Waals surface area contributed by atoms with Gasteiger partial charge in [0, 0.05) is 19.3 Å². The number of hydrogen-bond acceptors (Lipinski definition) is 2. The quantitative estimate of drug-likeness (QED) is 0.760. The standard InChI is InChI=1S/C13H17NO2/c1-10-5-3-6-11-7-4-8-14(13(10)11)12(15)9-16-2/h3,5-6H,4,7-9H2,1-2H3. The lowest BCUT2D eigenvalue weighted by atomic mass is 9.98. The first kappa shape index (κ1) is 11.1. The zero-order valence-corrected chi connectivity index (χ0v) is 9.82. The molecule has 1 aromatic carbocycles. The second-order valence-corrected chi connectivity index (χ2v) is 4.16.